The van der Waals surface area contributed by atoms with Gasteiger partial charge < -0.3 is 9.16 Å². The van der Waals surface area contributed by atoms with Crippen LogP contribution in [0.2, 0.25) is 16.1 Å². The summed E-state index contributed by atoms with van der Waals surface area (Å²) in [5.74, 6) is 0.833. The van der Waals surface area contributed by atoms with Gasteiger partial charge in [-0.3, -0.25) is 0 Å². The zero-order valence-electron chi connectivity index (χ0n) is 22.6. The molecule has 1 heterocycles. The first-order valence-corrected chi connectivity index (χ1v) is 14.2. The van der Waals surface area contributed by atoms with Crippen LogP contribution in [0, 0.1) is 6.07 Å². The normalized spacial score (nSPS) is 15.2. The number of ether oxygens (including phenoxy) is 1. The average molecular weight is 583 g/mol. The zero-order chi connectivity index (χ0) is 28.8. The molecular formula is C28H30ClF6LiO2Si. The molecule has 2 nitrogen and oxygen atoms in total. The van der Waals surface area contributed by atoms with Crippen molar-refractivity contribution >= 4 is 25.1 Å². The van der Waals surface area contributed by atoms with E-state index in [0.717, 1.165) is 16.8 Å². The fourth-order valence-corrected chi connectivity index (χ4v) is 9.68. The van der Waals surface area contributed by atoms with Gasteiger partial charge in [0.25, 0.3) is 5.60 Å². The molecule has 1 aliphatic rings. The Kier molecular flexibility index (Phi) is 12.7. The quantitative estimate of drug-likeness (QED) is 0.219. The van der Waals surface area contributed by atoms with Gasteiger partial charge in [0.05, 0.1) is 7.11 Å². The average Bonchev–Trinajstić information content (AvgIpc) is 3.21. The van der Waals surface area contributed by atoms with Crippen molar-refractivity contribution in [3.05, 3.63) is 95.5 Å². The van der Waals surface area contributed by atoms with Crippen molar-refractivity contribution in [2.45, 2.75) is 56.7 Å². The number of rotatable bonds is 3. The molecule has 4 rings (SSSR count). The van der Waals surface area contributed by atoms with Crippen LogP contribution < -0.4 is 28.8 Å². The minimum Gasteiger partial charge on any atom is -0.497 e. The van der Waals surface area contributed by atoms with Gasteiger partial charge in [-0.2, -0.15) is 62.7 Å². The molecule has 0 aromatic heterocycles. The number of benzene rings is 3. The van der Waals surface area contributed by atoms with Crippen LogP contribution in [0.1, 0.15) is 33.3 Å². The Morgan fingerprint density at radius 1 is 0.795 bits per heavy atom. The summed E-state index contributed by atoms with van der Waals surface area (Å²) in [4.78, 5) is 0. The second-order valence-electron chi connectivity index (χ2n) is 9.16. The Morgan fingerprint density at radius 2 is 1.28 bits per heavy atom. The van der Waals surface area contributed by atoms with E-state index < -0.39 is 42.9 Å². The van der Waals surface area contributed by atoms with E-state index in [1.807, 2.05) is 42.5 Å². The first-order chi connectivity index (χ1) is 17.6. The second-order valence-corrected chi connectivity index (χ2v) is 14.2. The number of halogens is 7. The van der Waals surface area contributed by atoms with Crippen LogP contribution in [0.25, 0.3) is 0 Å². The largest absolute Gasteiger partial charge is 1.00 e. The summed E-state index contributed by atoms with van der Waals surface area (Å²) in [7, 11) is -1.87. The first kappa shape index (κ1) is 35.1. The molecule has 39 heavy (non-hydrogen) atoms. The van der Waals surface area contributed by atoms with Gasteiger partial charge in [-0.25, -0.2) is 0 Å². The molecule has 208 valence electrons. The van der Waals surface area contributed by atoms with Gasteiger partial charge in [-0.1, -0.05) is 63.6 Å². The Labute approximate surface area is 244 Å². The second kappa shape index (κ2) is 14.1. The van der Waals surface area contributed by atoms with Gasteiger partial charge in [-0.15, -0.1) is 0 Å². The molecule has 0 atom stereocenters. The van der Waals surface area contributed by atoms with Crippen molar-refractivity contribution in [3.63, 3.8) is 0 Å². The van der Waals surface area contributed by atoms with Gasteiger partial charge in [0.2, 0.25) is 8.32 Å². The third-order valence-electron chi connectivity index (χ3n) is 6.22. The molecule has 0 amide bonds. The van der Waals surface area contributed by atoms with Crippen molar-refractivity contribution in [1.29, 1.82) is 0 Å². The Bertz CT molecular complexity index is 1090. The molecule has 0 aliphatic carbocycles. The van der Waals surface area contributed by atoms with Gasteiger partial charge in [0, 0.05) is 10.6 Å². The third kappa shape index (κ3) is 7.44. The minimum absolute atomic E-state index is 0. The molecule has 0 radical (unpaired) electrons. The fraction of sp³-hybridized carbons (Fsp3) is 0.357. The molecule has 11 heteroatoms. The van der Waals surface area contributed by atoms with Gasteiger partial charge in [0.1, 0.15) is 5.75 Å². The molecule has 1 aliphatic heterocycles. The Morgan fingerprint density at radius 3 is 1.64 bits per heavy atom. The summed E-state index contributed by atoms with van der Waals surface area (Å²) < 4.78 is 91.9. The van der Waals surface area contributed by atoms with E-state index in [1.165, 1.54) is 18.2 Å². The van der Waals surface area contributed by atoms with Gasteiger partial charge >= 0.3 is 31.2 Å². The standard InChI is InChI=1S/C15H18F6OSi.C7H7ClO.C6H5.Li/c1-9(2)23(10(3)4)12-8-6-5-7-11(12)13(22-23,14(16,17)18)15(19,20)21;1-9-7-4-2-6(8)3-5-7;1-2-4-6-5-3-1;/h5-10H,1-4H3;2-5H,1H3;1-5H;/q;;-1;+1. The third-order valence-corrected chi connectivity index (χ3v) is 11.8. The first-order valence-electron chi connectivity index (χ1n) is 11.8. The molecule has 3 aromatic carbocycles. The molecule has 0 fully saturated rings. The van der Waals surface area contributed by atoms with Crippen LogP contribution in [0.4, 0.5) is 26.3 Å². The van der Waals surface area contributed by atoms with E-state index in [-0.39, 0.29) is 24.0 Å². The molecular weight excluding hydrogens is 553 g/mol. The molecule has 0 saturated heterocycles. The number of hydrogen-bond acceptors (Lipinski definition) is 2. The maximum atomic E-state index is 13.6. The predicted molar refractivity (Wildman–Crippen MR) is 140 cm³/mol. The number of fused-ring (bicyclic) bond motifs is 1. The maximum Gasteiger partial charge on any atom is 1.00 e. The molecule has 3 aromatic rings. The number of methoxy groups -OCH3 is 1. The molecule has 0 bridgehead atoms. The predicted octanol–water partition coefficient (Wildman–Crippen LogP) is 5.85. The van der Waals surface area contributed by atoms with Crippen LogP contribution in [0.3, 0.4) is 0 Å². The van der Waals surface area contributed by atoms with Crippen LogP contribution in [-0.4, -0.2) is 27.8 Å². The summed E-state index contributed by atoms with van der Waals surface area (Å²) >= 11 is 5.61. The Balaban J connectivity index is 0.000000386. The summed E-state index contributed by atoms with van der Waals surface area (Å²) in [6, 6.07) is 24.7. The van der Waals surface area contributed by atoms with Crippen LogP contribution in [0.5, 0.6) is 5.75 Å². The van der Waals surface area contributed by atoms with Gasteiger partial charge in [0.15, 0.2) is 0 Å². The SMILES string of the molecule is CC(C)[Si]1(C(C)C)OC(C(F)(F)F)(C(F)(F)F)c2ccccc21.COc1ccc(Cl)cc1.[Li+].[c-]1ccccc1. The zero-order valence-corrected chi connectivity index (χ0v) is 24.4. The fourth-order valence-electron chi connectivity index (χ4n) is 4.51. The topological polar surface area (TPSA) is 18.5 Å². The monoisotopic (exact) mass is 582 g/mol. The van der Waals surface area contributed by atoms with Crippen molar-refractivity contribution in [1.82, 2.24) is 0 Å². The smallest absolute Gasteiger partial charge is 0.497 e. The van der Waals surface area contributed by atoms with Crippen LogP contribution >= 0.6 is 11.6 Å². The summed E-state index contributed by atoms with van der Waals surface area (Å²) in [6.45, 7) is 6.52. The van der Waals surface area contributed by atoms with E-state index >= 15 is 0 Å². The van der Waals surface area contributed by atoms with Crippen LogP contribution in [-0.2, 0) is 10.0 Å². The summed E-state index contributed by atoms with van der Waals surface area (Å²) in [5, 5.41) is 0.829. The minimum atomic E-state index is -5.58. The van der Waals surface area contributed by atoms with E-state index in [1.54, 1.807) is 46.9 Å². The molecule has 0 N–H and O–H groups in total. The van der Waals surface area contributed by atoms with E-state index in [9.17, 15) is 26.3 Å². The van der Waals surface area contributed by atoms with Crippen molar-refractivity contribution in [2.24, 2.45) is 0 Å². The van der Waals surface area contributed by atoms with E-state index in [2.05, 4.69) is 6.07 Å². The van der Waals surface area contributed by atoms with E-state index in [0.29, 0.717) is 0 Å². The van der Waals surface area contributed by atoms with Crippen molar-refractivity contribution < 1.29 is 54.4 Å². The van der Waals surface area contributed by atoms with Crippen molar-refractivity contribution in [2.75, 3.05) is 7.11 Å². The van der Waals surface area contributed by atoms with Crippen LogP contribution in [0.15, 0.2) is 78.9 Å². The number of alkyl halides is 6. The molecule has 0 spiro atoms. The molecule has 0 unspecified atom stereocenters. The summed E-state index contributed by atoms with van der Waals surface area (Å²) in [5.41, 5.74) is -5.91. The number of hydrogen-bond donors (Lipinski definition) is 0. The van der Waals surface area contributed by atoms with E-state index in [4.69, 9.17) is 20.8 Å². The maximum absolute atomic E-state index is 13.6. The van der Waals surface area contributed by atoms with Gasteiger partial charge in [-0.05, 0) is 40.5 Å². The van der Waals surface area contributed by atoms with Crippen molar-refractivity contribution in [3.8, 4) is 5.75 Å². The molecule has 0 saturated carbocycles. The Hall–Kier alpha value is -1.90. The summed E-state index contributed by atoms with van der Waals surface area (Å²) in [6.07, 6.45) is -11.2.